The van der Waals surface area contributed by atoms with Gasteiger partial charge < -0.3 is 10.8 Å². The molecule has 0 aliphatic heterocycles. The third-order valence-electron chi connectivity index (χ3n) is 4.34. The lowest BCUT2D eigenvalue weighted by Crippen LogP contribution is -2.26. The van der Waals surface area contributed by atoms with E-state index in [1.165, 1.54) is 37.8 Å². The zero-order valence-electron chi connectivity index (χ0n) is 11.4. The molecule has 0 amide bonds. The molecule has 1 aliphatic rings. The lowest BCUT2D eigenvalue weighted by molar-refractivity contribution is 0.127. The van der Waals surface area contributed by atoms with Gasteiger partial charge in [-0.3, -0.25) is 0 Å². The molecule has 0 aromatic heterocycles. The van der Waals surface area contributed by atoms with E-state index in [1.54, 1.807) is 6.07 Å². The first kappa shape index (κ1) is 14.5. The minimum Gasteiger partial charge on any atom is -0.392 e. The Kier molecular flexibility index (Phi) is 5.34. The van der Waals surface area contributed by atoms with Gasteiger partial charge in [0.15, 0.2) is 0 Å². The van der Waals surface area contributed by atoms with Crippen molar-refractivity contribution >= 4 is 0 Å². The molecule has 19 heavy (non-hydrogen) atoms. The molecule has 2 rings (SSSR count). The van der Waals surface area contributed by atoms with E-state index in [0.29, 0.717) is 6.54 Å². The Balaban J connectivity index is 1.92. The van der Waals surface area contributed by atoms with Crippen molar-refractivity contribution in [2.45, 2.75) is 50.5 Å². The van der Waals surface area contributed by atoms with Gasteiger partial charge in [0.2, 0.25) is 0 Å². The molecular weight excluding hydrogens is 241 g/mol. The normalized spacial score (nSPS) is 19.5. The molecule has 1 aromatic carbocycles. The molecule has 1 fully saturated rings. The second kappa shape index (κ2) is 7.01. The van der Waals surface area contributed by atoms with E-state index in [1.807, 2.05) is 6.07 Å². The summed E-state index contributed by atoms with van der Waals surface area (Å²) in [6, 6.07) is 6.43. The molecule has 0 radical (unpaired) electrons. The summed E-state index contributed by atoms with van der Waals surface area (Å²) in [5.41, 5.74) is 6.56. The average molecular weight is 265 g/mol. The highest BCUT2D eigenvalue weighted by molar-refractivity contribution is 5.22. The fourth-order valence-corrected chi connectivity index (χ4v) is 3.16. The van der Waals surface area contributed by atoms with Gasteiger partial charge in [-0.2, -0.15) is 0 Å². The van der Waals surface area contributed by atoms with Crippen LogP contribution in [0.25, 0.3) is 0 Å². The van der Waals surface area contributed by atoms with Gasteiger partial charge in [-0.15, -0.1) is 0 Å². The molecule has 0 bridgehead atoms. The van der Waals surface area contributed by atoms with Crippen LogP contribution in [-0.2, 0) is 0 Å². The lowest BCUT2D eigenvalue weighted by atomic mass is 9.88. The number of rotatable bonds is 6. The number of benzene rings is 1. The van der Waals surface area contributed by atoms with Crippen LogP contribution >= 0.6 is 0 Å². The van der Waals surface area contributed by atoms with E-state index in [0.717, 1.165) is 24.3 Å². The number of hydrogen-bond donors (Lipinski definition) is 2. The molecule has 2 unspecified atom stereocenters. The number of hydrogen-bond acceptors (Lipinski definition) is 2. The molecule has 106 valence electrons. The average Bonchev–Trinajstić information content (AvgIpc) is 2.90. The largest absolute Gasteiger partial charge is 0.392 e. The van der Waals surface area contributed by atoms with E-state index in [2.05, 4.69) is 0 Å². The fraction of sp³-hybridized carbons (Fsp3) is 0.625. The van der Waals surface area contributed by atoms with Crippen LogP contribution in [0.15, 0.2) is 24.3 Å². The van der Waals surface area contributed by atoms with Crippen molar-refractivity contribution in [3.05, 3.63) is 35.6 Å². The Morgan fingerprint density at radius 3 is 2.68 bits per heavy atom. The van der Waals surface area contributed by atoms with Crippen molar-refractivity contribution in [1.29, 1.82) is 0 Å². The highest BCUT2D eigenvalue weighted by Gasteiger charge is 2.22. The van der Waals surface area contributed by atoms with Gasteiger partial charge in [0.25, 0.3) is 0 Å². The first-order valence-electron chi connectivity index (χ1n) is 7.34. The first-order chi connectivity index (χ1) is 9.20. The van der Waals surface area contributed by atoms with Crippen molar-refractivity contribution in [2.24, 2.45) is 11.7 Å². The van der Waals surface area contributed by atoms with Crippen LogP contribution in [0.2, 0.25) is 0 Å². The number of halogens is 1. The van der Waals surface area contributed by atoms with Crippen molar-refractivity contribution in [2.75, 3.05) is 6.54 Å². The van der Waals surface area contributed by atoms with Crippen LogP contribution in [0, 0.1) is 11.7 Å². The molecular formula is C16H24FNO. The van der Waals surface area contributed by atoms with Crippen molar-refractivity contribution in [3.63, 3.8) is 0 Å². The van der Waals surface area contributed by atoms with Gasteiger partial charge in [-0.1, -0.05) is 37.8 Å². The van der Waals surface area contributed by atoms with Gasteiger partial charge in [-0.25, -0.2) is 4.39 Å². The number of nitrogens with two attached hydrogens (primary N) is 1. The summed E-state index contributed by atoms with van der Waals surface area (Å²) in [4.78, 5) is 0. The Morgan fingerprint density at radius 2 is 2.05 bits per heavy atom. The van der Waals surface area contributed by atoms with Gasteiger partial charge in [-0.05, 0) is 36.5 Å². The zero-order chi connectivity index (χ0) is 13.7. The maximum absolute atomic E-state index is 13.2. The minimum absolute atomic E-state index is 0.155. The van der Waals surface area contributed by atoms with Gasteiger partial charge in [0.05, 0.1) is 6.10 Å². The maximum Gasteiger partial charge on any atom is 0.123 e. The van der Waals surface area contributed by atoms with E-state index in [9.17, 15) is 9.50 Å². The first-order valence-corrected chi connectivity index (χ1v) is 7.34. The predicted molar refractivity (Wildman–Crippen MR) is 75.4 cm³/mol. The van der Waals surface area contributed by atoms with E-state index in [-0.39, 0.29) is 11.7 Å². The van der Waals surface area contributed by atoms with Gasteiger partial charge in [0.1, 0.15) is 5.82 Å². The van der Waals surface area contributed by atoms with Crippen molar-refractivity contribution in [1.82, 2.24) is 0 Å². The molecule has 0 spiro atoms. The summed E-state index contributed by atoms with van der Waals surface area (Å²) < 4.78 is 13.2. The molecule has 2 atom stereocenters. The van der Waals surface area contributed by atoms with Gasteiger partial charge >= 0.3 is 0 Å². The molecule has 1 aromatic rings. The minimum atomic E-state index is -0.465. The smallest absolute Gasteiger partial charge is 0.123 e. The number of aliphatic hydroxyl groups is 1. The van der Waals surface area contributed by atoms with Crippen molar-refractivity contribution in [3.8, 4) is 0 Å². The van der Waals surface area contributed by atoms with E-state index in [4.69, 9.17) is 5.73 Å². The summed E-state index contributed by atoms with van der Waals surface area (Å²) in [5, 5.41) is 10.3. The van der Waals surface area contributed by atoms with Crippen LogP contribution in [-0.4, -0.2) is 17.8 Å². The highest BCUT2D eigenvalue weighted by atomic mass is 19.1. The second-order valence-electron chi connectivity index (χ2n) is 5.69. The lowest BCUT2D eigenvalue weighted by Gasteiger charge is -2.23. The van der Waals surface area contributed by atoms with Crippen LogP contribution in [0.4, 0.5) is 4.39 Å². The highest BCUT2D eigenvalue weighted by Crippen LogP contribution is 2.31. The van der Waals surface area contributed by atoms with Crippen LogP contribution in [0.1, 0.15) is 50.0 Å². The van der Waals surface area contributed by atoms with Crippen LogP contribution in [0.5, 0.6) is 0 Å². The predicted octanol–water partition coefficient (Wildman–Crippen LogP) is 3.20. The Bertz CT molecular complexity index is 390. The third kappa shape index (κ3) is 4.02. The molecule has 0 heterocycles. The molecule has 3 heteroatoms. The number of aliphatic hydroxyl groups excluding tert-OH is 1. The van der Waals surface area contributed by atoms with Crippen molar-refractivity contribution < 1.29 is 9.50 Å². The van der Waals surface area contributed by atoms with Gasteiger partial charge in [0, 0.05) is 12.5 Å². The summed E-state index contributed by atoms with van der Waals surface area (Å²) >= 11 is 0. The molecule has 1 saturated carbocycles. The summed E-state index contributed by atoms with van der Waals surface area (Å²) in [5.74, 6) is 0.344. The van der Waals surface area contributed by atoms with E-state index < -0.39 is 6.10 Å². The Labute approximate surface area is 114 Å². The van der Waals surface area contributed by atoms with Crippen LogP contribution in [0.3, 0.4) is 0 Å². The molecule has 3 N–H and O–H groups in total. The standard InChI is InChI=1S/C16H24FNO/c17-14-7-3-6-13(10-14)15(11-18)16(19)9-8-12-4-1-2-5-12/h3,6-7,10,12,15-16,19H,1-2,4-5,8-9,11,18H2. The maximum atomic E-state index is 13.2. The molecule has 2 nitrogen and oxygen atoms in total. The summed E-state index contributed by atoms with van der Waals surface area (Å²) in [6.07, 6.45) is 6.60. The Morgan fingerprint density at radius 1 is 1.32 bits per heavy atom. The van der Waals surface area contributed by atoms with Crippen LogP contribution < -0.4 is 5.73 Å². The summed E-state index contributed by atoms with van der Waals surface area (Å²) in [6.45, 7) is 0.356. The van der Waals surface area contributed by atoms with E-state index >= 15 is 0 Å². The Hall–Kier alpha value is -0.930. The summed E-state index contributed by atoms with van der Waals surface area (Å²) in [7, 11) is 0. The topological polar surface area (TPSA) is 46.2 Å². The molecule has 0 saturated heterocycles. The third-order valence-corrected chi connectivity index (χ3v) is 4.34. The fourth-order valence-electron chi connectivity index (χ4n) is 3.16. The second-order valence-corrected chi connectivity index (χ2v) is 5.69. The SMILES string of the molecule is NCC(c1cccc(F)c1)C(O)CCC1CCCC1. The monoisotopic (exact) mass is 265 g/mol. The molecule has 1 aliphatic carbocycles. The zero-order valence-corrected chi connectivity index (χ0v) is 11.4. The quantitative estimate of drug-likeness (QED) is 0.829.